The van der Waals surface area contributed by atoms with Gasteiger partial charge in [0.1, 0.15) is 0 Å². The van der Waals surface area contributed by atoms with Gasteiger partial charge < -0.3 is 10.4 Å². The van der Waals surface area contributed by atoms with Crippen molar-refractivity contribution in [3.63, 3.8) is 0 Å². The molecule has 19 heavy (non-hydrogen) atoms. The molecule has 1 aromatic rings. The van der Waals surface area contributed by atoms with Crippen molar-refractivity contribution < 1.29 is 9.90 Å². The summed E-state index contributed by atoms with van der Waals surface area (Å²) in [4.78, 5) is 12.8. The molecule has 0 fully saturated rings. The summed E-state index contributed by atoms with van der Waals surface area (Å²) in [5.74, 6) is -0.0210. The molecule has 0 heterocycles. The molecule has 0 radical (unpaired) electrons. The van der Waals surface area contributed by atoms with Gasteiger partial charge in [-0.25, -0.2) is 0 Å². The third-order valence-electron chi connectivity index (χ3n) is 2.68. The third kappa shape index (κ3) is 6.12. The zero-order valence-electron chi connectivity index (χ0n) is 12.1. The molecule has 0 aliphatic rings. The first-order valence-electron chi connectivity index (χ1n) is 6.40. The monoisotopic (exact) mass is 281 g/mol. The summed E-state index contributed by atoms with van der Waals surface area (Å²) in [5.41, 5.74) is 0.795. The van der Waals surface area contributed by atoms with Gasteiger partial charge in [-0.05, 0) is 29.4 Å². The van der Waals surface area contributed by atoms with Crippen LogP contribution in [0.4, 0.5) is 0 Å². The van der Waals surface area contributed by atoms with Crippen LogP contribution in [-0.2, 0) is 4.79 Å². The minimum absolute atomic E-state index is 0.0210. The molecule has 4 heteroatoms. The lowest BCUT2D eigenvalue weighted by Gasteiger charge is -2.18. The highest BCUT2D eigenvalue weighted by Crippen LogP contribution is 2.20. The van der Waals surface area contributed by atoms with E-state index >= 15 is 0 Å². The quantitative estimate of drug-likeness (QED) is 0.816. The van der Waals surface area contributed by atoms with Gasteiger partial charge in [-0.15, -0.1) is 11.8 Å². The van der Waals surface area contributed by atoms with Crippen LogP contribution in [0.3, 0.4) is 0 Å². The van der Waals surface area contributed by atoms with Gasteiger partial charge in [0, 0.05) is 17.9 Å². The van der Waals surface area contributed by atoms with Gasteiger partial charge in [-0.2, -0.15) is 0 Å². The van der Waals surface area contributed by atoms with Gasteiger partial charge in [-0.1, -0.05) is 32.9 Å². The van der Waals surface area contributed by atoms with Crippen LogP contribution >= 0.6 is 11.8 Å². The van der Waals surface area contributed by atoms with Gasteiger partial charge in [0.2, 0.25) is 5.91 Å². The van der Waals surface area contributed by atoms with Crippen molar-refractivity contribution in [1.82, 2.24) is 5.32 Å². The molecule has 3 nitrogen and oxygen atoms in total. The first-order chi connectivity index (χ1) is 8.81. The lowest BCUT2D eigenvalue weighted by Crippen LogP contribution is -2.31. The van der Waals surface area contributed by atoms with Crippen LogP contribution < -0.4 is 5.32 Å². The summed E-state index contributed by atoms with van der Waals surface area (Å²) >= 11 is 1.66. The Morgan fingerprint density at radius 1 is 1.32 bits per heavy atom. The normalized spacial score (nSPS) is 13.1. The molecular weight excluding hydrogens is 258 g/mol. The van der Waals surface area contributed by atoms with Crippen LogP contribution in [0.2, 0.25) is 0 Å². The molecule has 0 aromatic heterocycles. The van der Waals surface area contributed by atoms with E-state index in [0.29, 0.717) is 6.42 Å². The molecule has 0 saturated heterocycles. The Bertz CT molecular complexity index is 409. The molecule has 1 amide bonds. The maximum absolute atomic E-state index is 11.7. The molecule has 2 N–H and O–H groups in total. The highest BCUT2D eigenvalue weighted by atomic mass is 32.2. The lowest BCUT2D eigenvalue weighted by atomic mass is 9.92. The largest absolute Gasteiger partial charge is 0.387 e. The summed E-state index contributed by atoms with van der Waals surface area (Å²) in [5, 5.41) is 12.8. The van der Waals surface area contributed by atoms with E-state index in [1.165, 1.54) is 0 Å². The summed E-state index contributed by atoms with van der Waals surface area (Å²) in [7, 11) is 0. The van der Waals surface area contributed by atoms with E-state index in [4.69, 9.17) is 0 Å². The van der Waals surface area contributed by atoms with Crippen molar-refractivity contribution in [3.05, 3.63) is 29.8 Å². The average Bonchev–Trinajstić information content (AvgIpc) is 2.34. The maximum atomic E-state index is 11.7. The molecular formula is C15H23NO2S. The second kappa shape index (κ2) is 6.96. The Labute approximate surface area is 119 Å². The van der Waals surface area contributed by atoms with Crippen molar-refractivity contribution >= 4 is 17.7 Å². The molecule has 0 unspecified atom stereocenters. The average molecular weight is 281 g/mol. The van der Waals surface area contributed by atoms with E-state index in [0.717, 1.165) is 10.5 Å². The molecule has 1 rings (SSSR count). The first-order valence-corrected chi connectivity index (χ1v) is 7.63. The van der Waals surface area contributed by atoms with Crippen LogP contribution in [0.1, 0.15) is 38.9 Å². The number of hydrogen-bond acceptors (Lipinski definition) is 3. The smallest absolute Gasteiger partial charge is 0.220 e. The Hall–Kier alpha value is -1.00. The highest BCUT2D eigenvalue weighted by Gasteiger charge is 2.16. The molecule has 0 spiro atoms. The zero-order chi connectivity index (χ0) is 14.5. The lowest BCUT2D eigenvalue weighted by molar-refractivity contribution is -0.123. The number of amides is 1. The molecule has 0 saturated carbocycles. The fourth-order valence-electron chi connectivity index (χ4n) is 1.70. The van der Waals surface area contributed by atoms with E-state index in [1.54, 1.807) is 11.8 Å². The van der Waals surface area contributed by atoms with Crippen molar-refractivity contribution in [2.24, 2.45) is 5.41 Å². The number of aliphatic hydroxyl groups is 1. The predicted octanol–water partition coefficient (Wildman–Crippen LogP) is 2.99. The van der Waals surface area contributed by atoms with Gasteiger partial charge in [0.25, 0.3) is 0 Å². The number of carbonyl (C=O) groups excluding carboxylic acids is 1. The van der Waals surface area contributed by atoms with Crippen LogP contribution in [0, 0.1) is 5.41 Å². The Morgan fingerprint density at radius 3 is 2.37 bits per heavy atom. The fourth-order valence-corrected chi connectivity index (χ4v) is 2.11. The van der Waals surface area contributed by atoms with E-state index < -0.39 is 6.10 Å². The minimum Gasteiger partial charge on any atom is -0.387 e. The van der Waals surface area contributed by atoms with Crippen LogP contribution in [0.15, 0.2) is 29.2 Å². The van der Waals surface area contributed by atoms with E-state index in [1.807, 2.05) is 51.3 Å². The van der Waals surface area contributed by atoms with E-state index in [-0.39, 0.29) is 17.9 Å². The number of benzene rings is 1. The Balaban J connectivity index is 2.46. The number of carbonyl (C=O) groups is 1. The maximum Gasteiger partial charge on any atom is 0.220 e. The van der Waals surface area contributed by atoms with E-state index in [9.17, 15) is 9.90 Å². The predicted molar refractivity (Wildman–Crippen MR) is 80.3 cm³/mol. The number of thioether (sulfide) groups is 1. The number of hydrogen-bond donors (Lipinski definition) is 2. The van der Waals surface area contributed by atoms with Crippen LogP contribution in [-0.4, -0.2) is 23.8 Å². The topological polar surface area (TPSA) is 49.3 Å². The summed E-state index contributed by atoms with van der Waals surface area (Å²) in [6.45, 7) is 6.31. The molecule has 1 aromatic carbocycles. The second-order valence-electron chi connectivity index (χ2n) is 5.83. The van der Waals surface area contributed by atoms with Crippen molar-refractivity contribution in [3.8, 4) is 0 Å². The standard InChI is InChI=1S/C15H23NO2S/c1-15(2,3)9-14(18)16-10-13(17)11-5-7-12(19-4)8-6-11/h5-8,13,17H,9-10H2,1-4H3,(H,16,18)/t13-/m0/s1. The molecule has 106 valence electrons. The van der Waals surface area contributed by atoms with Crippen LogP contribution in [0.5, 0.6) is 0 Å². The van der Waals surface area contributed by atoms with Crippen molar-refractivity contribution in [2.45, 2.75) is 38.2 Å². The SMILES string of the molecule is CSc1ccc([C@@H](O)CNC(=O)CC(C)(C)C)cc1. The number of aliphatic hydroxyl groups excluding tert-OH is 1. The fraction of sp³-hybridized carbons (Fsp3) is 0.533. The molecule has 0 aliphatic heterocycles. The third-order valence-corrected chi connectivity index (χ3v) is 3.43. The molecule has 1 atom stereocenters. The summed E-state index contributed by atoms with van der Waals surface area (Å²) in [6.07, 6.45) is 1.82. The zero-order valence-corrected chi connectivity index (χ0v) is 12.9. The molecule has 0 bridgehead atoms. The van der Waals surface area contributed by atoms with E-state index in [2.05, 4.69) is 5.32 Å². The highest BCUT2D eigenvalue weighted by molar-refractivity contribution is 7.98. The van der Waals surface area contributed by atoms with Crippen LogP contribution in [0.25, 0.3) is 0 Å². The molecule has 0 aliphatic carbocycles. The van der Waals surface area contributed by atoms with Gasteiger partial charge in [0.15, 0.2) is 0 Å². The Morgan fingerprint density at radius 2 is 1.89 bits per heavy atom. The van der Waals surface area contributed by atoms with Crippen molar-refractivity contribution in [2.75, 3.05) is 12.8 Å². The van der Waals surface area contributed by atoms with Gasteiger partial charge in [0.05, 0.1) is 6.10 Å². The Kier molecular flexibility index (Phi) is 5.88. The second-order valence-corrected chi connectivity index (χ2v) is 6.71. The number of rotatable bonds is 5. The minimum atomic E-state index is -0.653. The number of nitrogens with one attached hydrogen (secondary N) is 1. The van der Waals surface area contributed by atoms with Gasteiger partial charge >= 0.3 is 0 Å². The van der Waals surface area contributed by atoms with Gasteiger partial charge in [-0.3, -0.25) is 4.79 Å². The first kappa shape index (κ1) is 16.1. The summed E-state index contributed by atoms with van der Waals surface area (Å²) in [6, 6.07) is 7.74. The summed E-state index contributed by atoms with van der Waals surface area (Å²) < 4.78 is 0. The van der Waals surface area contributed by atoms with Crippen molar-refractivity contribution in [1.29, 1.82) is 0 Å².